The fourth-order valence-electron chi connectivity index (χ4n) is 2.55. The van der Waals surface area contributed by atoms with Crippen molar-refractivity contribution in [3.8, 4) is 0 Å². The lowest BCUT2D eigenvalue weighted by Crippen LogP contribution is -3.06. The molecule has 1 fully saturated rings. The molecule has 2 rings (SSSR count). The maximum absolute atomic E-state index is 12.5. The molecule has 1 amide bonds. The summed E-state index contributed by atoms with van der Waals surface area (Å²) in [6, 6.07) is 9.76. The fourth-order valence-corrected chi connectivity index (χ4v) is 3.86. The minimum Gasteiger partial charge on any atom is -0.460 e. The summed E-state index contributed by atoms with van der Waals surface area (Å²) in [7, 11) is 4.05. The van der Waals surface area contributed by atoms with Gasteiger partial charge in [-0.3, -0.25) is 14.5 Å². The van der Waals surface area contributed by atoms with Gasteiger partial charge in [0.05, 0.1) is 19.0 Å². The molecule has 0 unspecified atom stereocenters. The van der Waals surface area contributed by atoms with E-state index < -0.39 is 0 Å². The number of likely N-dealkylation sites (N-methyl/N-ethyl adjacent to an activating group) is 1. The molecule has 146 valence electrons. The SMILES string of the molecule is C[NH+](C)CCOC(=O)CCCCCN1C(=O)/C(=C\c2ccccc2)SC1=S. The van der Waals surface area contributed by atoms with E-state index in [1.165, 1.54) is 16.7 Å². The molecule has 27 heavy (non-hydrogen) atoms. The van der Waals surface area contributed by atoms with E-state index in [0.29, 0.717) is 28.8 Å². The van der Waals surface area contributed by atoms with E-state index in [-0.39, 0.29) is 11.9 Å². The molecule has 0 bridgehead atoms. The van der Waals surface area contributed by atoms with Crippen molar-refractivity contribution in [2.24, 2.45) is 0 Å². The van der Waals surface area contributed by atoms with Crippen LogP contribution in [0.25, 0.3) is 6.08 Å². The van der Waals surface area contributed by atoms with Crippen LogP contribution < -0.4 is 4.90 Å². The zero-order valence-electron chi connectivity index (χ0n) is 15.9. The highest BCUT2D eigenvalue weighted by Gasteiger charge is 2.31. The predicted molar refractivity (Wildman–Crippen MR) is 113 cm³/mol. The van der Waals surface area contributed by atoms with E-state index in [1.54, 1.807) is 4.90 Å². The molecule has 0 aliphatic carbocycles. The van der Waals surface area contributed by atoms with Crippen molar-refractivity contribution in [3.05, 3.63) is 40.8 Å². The maximum atomic E-state index is 12.5. The molecular weight excluding hydrogens is 380 g/mol. The largest absolute Gasteiger partial charge is 0.460 e. The Morgan fingerprint density at radius 2 is 1.96 bits per heavy atom. The standard InChI is InChI=1S/C20H26N2O3S2/c1-21(2)13-14-25-18(23)11-7-4-8-12-22-19(24)17(27-20(22)26)15-16-9-5-3-6-10-16/h3,5-6,9-10,15H,4,7-8,11-14H2,1-2H3/p+1/b17-15+. The van der Waals surface area contributed by atoms with Crippen LogP contribution in [0.1, 0.15) is 31.2 Å². The van der Waals surface area contributed by atoms with E-state index in [2.05, 4.69) is 0 Å². The molecular formula is C20H27N2O3S2+. The van der Waals surface area contributed by atoms with Crippen molar-refractivity contribution < 1.29 is 19.2 Å². The monoisotopic (exact) mass is 407 g/mol. The number of hydrogen-bond donors (Lipinski definition) is 1. The molecule has 0 spiro atoms. The van der Waals surface area contributed by atoms with Crippen LogP contribution in [0.2, 0.25) is 0 Å². The van der Waals surface area contributed by atoms with E-state index >= 15 is 0 Å². The summed E-state index contributed by atoms with van der Waals surface area (Å²) in [4.78, 5) is 27.8. The molecule has 0 radical (unpaired) electrons. The summed E-state index contributed by atoms with van der Waals surface area (Å²) < 4.78 is 5.79. The summed E-state index contributed by atoms with van der Waals surface area (Å²) in [5.74, 6) is -0.174. The molecule has 0 atom stereocenters. The van der Waals surface area contributed by atoms with Crippen LogP contribution in [-0.2, 0) is 14.3 Å². The van der Waals surface area contributed by atoms with E-state index in [9.17, 15) is 9.59 Å². The van der Waals surface area contributed by atoms with Gasteiger partial charge in [0.1, 0.15) is 17.5 Å². The Morgan fingerprint density at radius 1 is 1.22 bits per heavy atom. The van der Waals surface area contributed by atoms with Crippen molar-refractivity contribution in [1.82, 2.24) is 4.90 Å². The molecule has 1 aromatic carbocycles. The molecule has 1 N–H and O–H groups in total. The number of hydrogen-bond acceptors (Lipinski definition) is 5. The Morgan fingerprint density at radius 3 is 2.67 bits per heavy atom. The Hall–Kier alpha value is -1.70. The highest BCUT2D eigenvalue weighted by Crippen LogP contribution is 2.32. The Kier molecular flexibility index (Phi) is 8.97. The van der Waals surface area contributed by atoms with Gasteiger partial charge in [-0.15, -0.1) is 0 Å². The highest BCUT2D eigenvalue weighted by molar-refractivity contribution is 8.26. The Bertz CT molecular complexity index is 690. The van der Waals surface area contributed by atoms with Crippen LogP contribution in [0.15, 0.2) is 35.2 Å². The van der Waals surface area contributed by atoms with Crippen LogP contribution in [0.4, 0.5) is 0 Å². The summed E-state index contributed by atoms with van der Waals surface area (Å²) >= 11 is 6.70. The van der Waals surface area contributed by atoms with Gasteiger partial charge in [-0.1, -0.05) is 60.7 Å². The number of thiocarbonyl (C=S) groups is 1. The van der Waals surface area contributed by atoms with Crippen LogP contribution in [0.3, 0.4) is 0 Å². The lowest BCUT2D eigenvalue weighted by molar-refractivity contribution is -0.858. The van der Waals surface area contributed by atoms with Gasteiger partial charge in [0, 0.05) is 13.0 Å². The zero-order valence-corrected chi connectivity index (χ0v) is 17.5. The van der Waals surface area contributed by atoms with E-state index in [4.69, 9.17) is 17.0 Å². The minimum atomic E-state index is -0.146. The number of ether oxygens (including phenoxy) is 1. The van der Waals surface area contributed by atoms with Crippen LogP contribution in [0, 0.1) is 0 Å². The minimum absolute atomic E-state index is 0.0283. The van der Waals surface area contributed by atoms with Crippen LogP contribution in [-0.4, -0.2) is 54.9 Å². The summed E-state index contributed by atoms with van der Waals surface area (Å²) in [6.45, 7) is 1.87. The van der Waals surface area contributed by atoms with Crippen LogP contribution >= 0.6 is 24.0 Å². The summed E-state index contributed by atoms with van der Waals surface area (Å²) in [5, 5.41) is 0. The molecule has 1 aliphatic heterocycles. The van der Waals surface area contributed by atoms with Gasteiger partial charge in [-0.2, -0.15) is 0 Å². The first kappa shape index (κ1) is 21.6. The quantitative estimate of drug-likeness (QED) is 0.279. The predicted octanol–water partition coefficient (Wildman–Crippen LogP) is 2.14. The lowest BCUT2D eigenvalue weighted by Gasteiger charge is -2.14. The van der Waals surface area contributed by atoms with Gasteiger partial charge < -0.3 is 9.64 Å². The third-order valence-electron chi connectivity index (χ3n) is 4.10. The number of carbonyl (C=O) groups is 2. The summed E-state index contributed by atoms with van der Waals surface area (Å²) in [6.07, 6.45) is 4.76. The molecule has 5 nitrogen and oxygen atoms in total. The second-order valence-corrected chi connectivity index (χ2v) is 8.41. The van der Waals surface area contributed by atoms with Crippen molar-refractivity contribution >= 4 is 46.3 Å². The van der Waals surface area contributed by atoms with Gasteiger partial charge in [-0.25, -0.2) is 0 Å². The number of esters is 1. The zero-order chi connectivity index (χ0) is 19.6. The van der Waals surface area contributed by atoms with Crippen molar-refractivity contribution in [1.29, 1.82) is 0 Å². The number of thioether (sulfide) groups is 1. The van der Waals surface area contributed by atoms with Gasteiger partial charge in [0.15, 0.2) is 0 Å². The normalized spacial score (nSPS) is 15.8. The van der Waals surface area contributed by atoms with Gasteiger partial charge in [0.25, 0.3) is 5.91 Å². The van der Waals surface area contributed by atoms with Gasteiger partial charge >= 0.3 is 5.97 Å². The topological polar surface area (TPSA) is 51.1 Å². The number of nitrogens with one attached hydrogen (secondary N) is 1. The summed E-state index contributed by atoms with van der Waals surface area (Å²) in [5.41, 5.74) is 0.993. The first-order valence-corrected chi connectivity index (χ1v) is 10.4. The Labute approximate surface area is 170 Å². The second kappa shape index (κ2) is 11.2. The number of amides is 1. The average Bonchev–Trinajstić information content (AvgIpc) is 2.89. The van der Waals surface area contributed by atoms with Gasteiger partial charge in [-0.05, 0) is 24.5 Å². The molecule has 7 heteroatoms. The molecule has 1 aromatic rings. The molecule has 1 heterocycles. The number of quaternary nitrogens is 1. The van der Waals surface area contributed by atoms with Crippen molar-refractivity contribution in [2.75, 3.05) is 33.8 Å². The van der Waals surface area contributed by atoms with E-state index in [0.717, 1.165) is 31.4 Å². The number of nitrogens with zero attached hydrogens (tertiary/aromatic N) is 1. The highest BCUT2D eigenvalue weighted by atomic mass is 32.2. The molecule has 0 saturated carbocycles. The van der Waals surface area contributed by atoms with Crippen molar-refractivity contribution in [3.63, 3.8) is 0 Å². The first-order chi connectivity index (χ1) is 13.0. The smallest absolute Gasteiger partial charge is 0.305 e. The lowest BCUT2D eigenvalue weighted by atomic mass is 10.2. The molecule has 1 saturated heterocycles. The number of carbonyl (C=O) groups excluding carboxylic acids is 2. The third-order valence-corrected chi connectivity index (χ3v) is 5.48. The Balaban J connectivity index is 1.69. The molecule has 1 aliphatic rings. The fraction of sp³-hybridized carbons (Fsp3) is 0.450. The number of benzene rings is 1. The van der Waals surface area contributed by atoms with Gasteiger partial charge in [0.2, 0.25) is 0 Å². The first-order valence-electron chi connectivity index (χ1n) is 9.22. The second-order valence-electron chi connectivity index (χ2n) is 6.73. The maximum Gasteiger partial charge on any atom is 0.305 e. The van der Waals surface area contributed by atoms with E-state index in [1.807, 2.05) is 50.5 Å². The van der Waals surface area contributed by atoms with Crippen LogP contribution in [0.5, 0.6) is 0 Å². The molecule has 0 aromatic heterocycles. The number of unbranched alkanes of at least 4 members (excludes halogenated alkanes) is 2. The number of rotatable bonds is 10. The third kappa shape index (κ3) is 7.44. The average molecular weight is 408 g/mol. The van der Waals surface area contributed by atoms with Crippen molar-refractivity contribution in [2.45, 2.75) is 25.7 Å².